The van der Waals surface area contributed by atoms with Gasteiger partial charge in [0.05, 0.1) is 40.3 Å². The molecule has 3 N–H and O–H groups in total. The van der Waals surface area contributed by atoms with Gasteiger partial charge in [-0.3, -0.25) is 34.1 Å². The van der Waals surface area contributed by atoms with Crippen LogP contribution in [0.15, 0.2) is 71.6 Å². The lowest BCUT2D eigenvalue weighted by Gasteiger charge is -2.42. The SMILES string of the molecule is COc1cc(N2CCC(C3CCN(CC4CCN(c5ccc6c(c5)C(=O)N(C5CCC(=O)NC5=O)C6=O)CC4)CC3)CC2)c(-c2cnn(C)c2)cc1Nc1ncc(Br)c(Nc2ccc(C3CC3)cc2P(C)(C)=O)n1. The van der Waals surface area contributed by atoms with Gasteiger partial charge in [0.2, 0.25) is 17.8 Å². The van der Waals surface area contributed by atoms with Crippen LogP contribution < -0.4 is 35.8 Å². The van der Waals surface area contributed by atoms with Gasteiger partial charge < -0.3 is 34.6 Å². The molecule has 1 saturated carbocycles. The van der Waals surface area contributed by atoms with Gasteiger partial charge in [-0.15, -0.1) is 0 Å². The van der Waals surface area contributed by atoms with Gasteiger partial charge in [0.25, 0.3) is 11.8 Å². The molecule has 1 aliphatic carbocycles. The van der Waals surface area contributed by atoms with E-state index in [-0.39, 0.29) is 18.7 Å². The van der Waals surface area contributed by atoms with Crippen molar-refractivity contribution in [2.24, 2.45) is 24.8 Å². The standard InChI is InChI=1S/C55H65BrN11O6P/c1-63-32-38(29-58-63)41-27-45(60-55-57-30-43(56)51(62-55)59-44-10-7-37(34-5-6-34)25-49(44)74(3,4)72)48(73-2)28-47(41)66-23-17-36(18-24-66)35-15-19-64(20-16-35)31-33-13-21-65(22-14-33)39-8-9-40-42(26-39)54(71)67(53(40)70)46-11-12-50(68)61-52(46)69/h7-10,25-30,32-36,46H,5-6,11-24,31H2,1-4H3,(H,61,68,69)(H2,57,59,60,62). The van der Waals surface area contributed by atoms with Crippen molar-refractivity contribution in [3.63, 3.8) is 0 Å². The van der Waals surface area contributed by atoms with Crippen LogP contribution in [-0.4, -0.2) is 125 Å². The molecule has 3 aromatic carbocycles. The molecular weight excluding hydrogens is 1020 g/mol. The quantitative estimate of drug-likeness (QED) is 0.0710. The number of anilines is 6. The third-order valence-electron chi connectivity index (χ3n) is 16.3. The highest BCUT2D eigenvalue weighted by Gasteiger charge is 2.45. The van der Waals surface area contributed by atoms with E-state index in [4.69, 9.17) is 9.72 Å². The second-order valence-corrected chi connectivity index (χ2v) is 25.6. The zero-order valence-electron chi connectivity index (χ0n) is 42.6. The van der Waals surface area contributed by atoms with Gasteiger partial charge in [0, 0.05) is 92.5 Å². The van der Waals surface area contributed by atoms with Gasteiger partial charge in [-0.25, -0.2) is 4.98 Å². The number of benzene rings is 3. The molecule has 1 atom stereocenters. The van der Waals surface area contributed by atoms with Crippen LogP contribution in [0.1, 0.15) is 96.4 Å². The zero-order valence-corrected chi connectivity index (χ0v) is 45.1. The molecule has 388 valence electrons. The average Bonchev–Trinajstić information content (AvgIpc) is 4.11. The minimum absolute atomic E-state index is 0.0982. The summed E-state index contributed by atoms with van der Waals surface area (Å²) >= 11 is 3.65. The monoisotopic (exact) mass is 1090 g/mol. The molecule has 7 heterocycles. The molecule has 19 heteroatoms. The van der Waals surface area contributed by atoms with E-state index in [1.807, 2.05) is 49.6 Å². The lowest BCUT2D eigenvalue weighted by atomic mass is 9.78. The third-order valence-corrected chi connectivity index (χ3v) is 18.4. The molecule has 2 aromatic heterocycles. The van der Waals surface area contributed by atoms with Gasteiger partial charge in [0.1, 0.15) is 24.8 Å². The van der Waals surface area contributed by atoms with Crippen LogP contribution in [-0.2, 0) is 21.2 Å². The Morgan fingerprint density at radius 3 is 2.16 bits per heavy atom. The van der Waals surface area contributed by atoms with E-state index in [0.29, 0.717) is 56.8 Å². The smallest absolute Gasteiger partial charge is 0.262 e. The fraction of sp³-hybridized carbons (Fsp3) is 0.473. The maximum Gasteiger partial charge on any atom is 0.262 e. The van der Waals surface area contributed by atoms with Crippen molar-refractivity contribution < 1.29 is 28.5 Å². The lowest BCUT2D eigenvalue weighted by Crippen LogP contribution is -2.54. The number of halogens is 1. The van der Waals surface area contributed by atoms with Crippen LogP contribution in [0, 0.1) is 17.8 Å². The number of amides is 4. The second kappa shape index (κ2) is 20.6. The Morgan fingerprint density at radius 1 is 0.770 bits per heavy atom. The summed E-state index contributed by atoms with van der Waals surface area (Å²) in [5, 5.41) is 14.6. The Hall–Kier alpha value is -6.10. The number of nitrogens with zero attached hydrogens (tertiary/aromatic N) is 8. The van der Waals surface area contributed by atoms with Crippen molar-refractivity contribution in [2.45, 2.75) is 76.2 Å². The number of carbonyl (C=O) groups excluding carboxylic acids is 4. The summed E-state index contributed by atoms with van der Waals surface area (Å²) in [5.41, 5.74) is 7.48. The number of fused-ring (bicyclic) bond motifs is 1. The molecule has 4 saturated heterocycles. The van der Waals surface area contributed by atoms with Crippen LogP contribution >= 0.6 is 23.1 Å². The topological polar surface area (TPSA) is 187 Å². The molecule has 5 aromatic rings. The molecule has 0 spiro atoms. The summed E-state index contributed by atoms with van der Waals surface area (Å²) in [7, 11) is 1.03. The van der Waals surface area contributed by atoms with Gasteiger partial charge >= 0.3 is 0 Å². The first kappa shape index (κ1) is 50.1. The number of rotatable bonds is 14. The van der Waals surface area contributed by atoms with Gasteiger partial charge in [0.15, 0.2) is 0 Å². The van der Waals surface area contributed by atoms with E-state index in [1.54, 1.807) is 25.4 Å². The van der Waals surface area contributed by atoms with Crippen LogP contribution in [0.3, 0.4) is 0 Å². The Balaban J connectivity index is 0.692. The number of nitrogens with one attached hydrogen (secondary N) is 3. The number of carbonyl (C=O) groups is 4. The molecular formula is C55H65BrN11O6P. The number of hydrogen-bond acceptors (Lipinski definition) is 14. The number of ether oxygens (including phenoxy) is 1. The highest BCUT2D eigenvalue weighted by Crippen LogP contribution is 2.46. The minimum atomic E-state index is -2.60. The summed E-state index contributed by atoms with van der Waals surface area (Å²) < 4.78 is 22.1. The van der Waals surface area contributed by atoms with Crippen LogP contribution in [0.25, 0.3) is 11.1 Å². The van der Waals surface area contributed by atoms with Gasteiger partial charge in [-0.05, 0) is 166 Å². The Kier molecular flexibility index (Phi) is 13.9. The maximum absolute atomic E-state index is 13.5. The molecule has 74 heavy (non-hydrogen) atoms. The largest absolute Gasteiger partial charge is 0.494 e. The predicted octanol–water partition coefficient (Wildman–Crippen LogP) is 8.51. The number of imide groups is 2. The van der Waals surface area contributed by atoms with E-state index in [0.717, 1.165) is 116 Å². The lowest BCUT2D eigenvalue weighted by molar-refractivity contribution is -0.136. The van der Waals surface area contributed by atoms with E-state index < -0.39 is 30.9 Å². The number of aryl methyl sites for hydroxylation is 1. The van der Waals surface area contributed by atoms with Crippen molar-refractivity contribution >= 4 is 86.5 Å². The van der Waals surface area contributed by atoms with Crippen LogP contribution in [0.2, 0.25) is 0 Å². The maximum atomic E-state index is 13.5. The molecule has 11 rings (SSSR count). The Bertz CT molecular complexity index is 3060. The first-order chi connectivity index (χ1) is 35.7. The number of aromatic nitrogens is 4. The molecule has 5 aliphatic heterocycles. The number of hydrogen-bond donors (Lipinski definition) is 3. The van der Waals surface area contributed by atoms with E-state index in [2.05, 4.69) is 80.9 Å². The summed E-state index contributed by atoms with van der Waals surface area (Å²) in [6, 6.07) is 15.0. The number of piperidine rings is 4. The van der Waals surface area contributed by atoms with Gasteiger partial charge in [-0.1, -0.05) is 6.07 Å². The normalized spacial score (nSPS) is 20.6. The summed E-state index contributed by atoms with van der Waals surface area (Å²) in [5.74, 6) is 2.25. The van der Waals surface area contributed by atoms with Gasteiger partial charge in [-0.2, -0.15) is 10.1 Å². The molecule has 0 radical (unpaired) electrons. The fourth-order valence-electron chi connectivity index (χ4n) is 12.0. The van der Waals surface area contributed by atoms with Crippen LogP contribution in [0.5, 0.6) is 5.75 Å². The third kappa shape index (κ3) is 10.3. The molecule has 1 unspecified atom stereocenters. The highest BCUT2D eigenvalue weighted by atomic mass is 79.9. The average molecular weight is 1090 g/mol. The molecule has 0 bridgehead atoms. The van der Waals surface area contributed by atoms with Crippen molar-refractivity contribution in [3.05, 3.63) is 88.3 Å². The summed E-state index contributed by atoms with van der Waals surface area (Å²) in [6.07, 6.45) is 15.1. The highest BCUT2D eigenvalue weighted by molar-refractivity contribution is 9.10. The Morgan fingerprint density at radius 2 is 1.49 bits per heavy atom. The van der Waals surface area contributed by atoms with E-state index >= 15 is 0 Å². The molecule has 6 aliphatic rings. The summed E-state index contributed by atoms with van der Waals surface area (Å²) in [6.45, 7) is 10.6. The summed E-state index contributed by atoms with van der Waals surface area (Å²) in [4.78, 5) is 69.0. The number of methoxy groups -OCH3 is 1. The van der Waals surface area contributed by atoms with Crippen molar-refractivity contribution in [1.29, 1.82) is 0 Å². The Labute approximate surface area is 440 Å². The molecule has 5 fully saturated rings. The first-order valence-electron chi connectivity index (χ1n) is 26.2. The van der Waals surface area contributed by atoms with E-state index in [1.165, 1.54) is 31.2 Å². The number of likely N-dealkylation sites (tertiary alicyclic amines) is 1. The van der Waals surface area contributed by atoms with E-state index in [9.17, 15) is 23.7 Å². The minimum Gasteiger partial charge on any atom is -0.494 e. The molecule has 4 amide bonds. The first-order valence-corrected chi connectivity index (χ1v) is 29.6. The van der Waals surface area contributed by atoms with Crippen molar-refractivity contribution in [3.8, 4) is 16.9 Å². The fourth-order valence-corrected chi connectivity index (χ4v) is 13.5. The zero-order chi connectivity index (χ0) is 51.4. The van der Waals surface area contributed by atoms with Crippen LogP contribution in [0.4, 0.5) is 34.5 Å². The predicted molar refractivity (Wildman–Crippen MR) is 291 cm³/mol. The second-order valence-electron chi connectivity index (χ2n) is 21.6. The van der Waals surface area contributed by atoms with Crippen molar-refractivity contribution in [2.75, 3.05) is 86.7 Å². The molecule has 17 nitrogen and oxygen atoms in total. The van der Waals surface area contributed by atoms with Crippen molar-refractivity contribution in [1.82, 2.24) is 34.9 Å².